The van der Waals surface area contributed by atoms with E-state index in [1.165, 1.54) is 6.07 Å². The minimum absolute atomic E-state index is 0.231. The molecule has 0 fully saturated rings. The summed E-state index contributed by atoms with van der Waals surface area (Å²) >= 11 is 0. The summed E-state index contributed by atoms with van der Waals surface area (Å²) in [6.45, 7) is 3.91. The Morgan fingerprint density at radius 1 is 1.24 bits per heavy atom. The van der Waals surface area contributed by atoms with Crippen LogP contribution in [0.15, 0.2) is 23.1 Å². The van der Waals surface area contributed by atoms with Gasteiger partial charge in [0.05, 0.1) is 16.3 Å². The number of sulfonamides is 1. The van der Waals surface area contributed by atoms with Gasteiger partial charge >= 0.3 is 0 Å². The second-order valence-corrected chi connectivity index (χ2v) is 6.95. The van der Waals surface area contributed by atoms with Crippen LogP contribution in [0.1, 0.15) is 19.8 Å². The van der Waals surface area contributed by atoms with Crippen molar-refractivity contribution in [3.05, 3.63) is 18.2 Å². The number of nitrogens with zero attached hydrogens (tertiary/aromatic N) is 1. The Labute approximate surface area is 127 Å². The van der Waals surface area contributed by atoms with Gasteiger partial charge in [0.25, 0.3) is 0 Å². The highest BCUT2D eigenvalue weighted by Crippen LogP contribution is 2.22. The molecule has 1 aromatic carbocycles. The maximum atomic E-state index is 12.0. The molecule has 7 heteroatoms. The maximum absolute atomic E-state index is 12.0. The van der Waals surface area contributed by atoms with Gasteiger partial charge in [-0.05, 0) is 51.7 Å². The molecule has 0 spiro atoms. The molecular weight excluding hydrogens is 288 g/mol. The SMILES string of the molecule is CCNS(=O)(=O)c1ccc(N)c(NCCCCN(C)C)c1. The fourth-order valence-corrected chi connectivity index (χ4v) is 2.97. The van der Waals surface area contributed by atoms with Crippen molar-refractivity contribution in [1.29, 1.82) is 0 Å². The van der Waals surface area contributed by atoms with Crippen molar-refractivity contribution in [2.45, 2.75) is 24.7 Å². The summed E-state index contributed by atoms with van der Waals surface area (Å²) in [5, 5.41) is 3.21. The summed E-state index contributed by atoms with van der Waals surface area (Å²) in [7, 11) is 0.636. The molecule has 0 bridgehead atoms. The Morgan fingerprint density at radius 2 is 1.95 bits per heavy atom. The lowest BCUT2D eigenvalue weighted by Crippen LogP contribution is -2.23. The molecule has 0 aliphatic rings. The molecule has 1 rings (SSSR count). The number of nitrogens with two attached hydrogens (primary N) is 1. The van der Waals surface area contributed by atoms with E-state index in [0.29, 0.717) is 17.9 Å². The van der Waals surface area contributed by atoms with Crippen LogP contribution in [-0.4, -0.2) is 47.0 Å². The van der Waals surface area contributed by atoms with Gasteiger partial charge in [0.2, 0.25) is 10.0 Å². The third kappa shape index (κ3) is 5.91. The zero-order valence-corrected chi connectivity index (χ0v) is 13.8. The lowest BCUT2D eigenvalue weighted by molar-refractivity contribution is 0.396. The molecule has 0 saturated carbocycles. The first kappa shape index (κ1) is 17.7. The van der Waals surface area contributed by atoms with Crippen molar-refractivity contribution in [2.24, 2.45) is 0 Å². The fraction of sp³-hybridized carbons (Fsp3) is 0.571. The van der Waals surface area contributed by atoms with Crippen LogP contribution in [0.4, 0.5) is 11.4 Å². The van der Waals surface area contributed by atoms with Gasteiger partial charge in [0.15, 0.2) is 0 Å². The maximum Gasteiger partial charge on any atom is 0.240 e. The lowest BCUT2D eigenvalue weighted by atomic mass is 10.2. The molecule has 120 valence electrons. The topological polar surface area (TPSA) is 87.5 Å². The van der Waals surface area contributed by atoms with E-state index in [2.05, 4.69) is 14.9 Å². The highest BCUT2D eigenvalue weighted by atomic mass is 32.2. The predicted octanol–water partition coefficient (Wildman–Crippen LogP) is 1.32. The van der Waals surface area contributed by atoms with Gasteiger partial charge in [0, 0.05) is 13.1 Å². The summed E-state index contributed by atoms with van der Waals surface area (Å²) in [5.41, 5.74) is 7.10. The highest BCUT2D eigenvalue weighted by Gasteiger charge is 2.14. The Hall–Kier alpha value is -1.31. The monoisotopic (exact) mass is 314 g/mol. The Kier molecular flexibility index (Phi) is 6.94. The molecule has 0 heterocycles. The van der Waals surface area contributed by atoms with Gasteiger partial charge in [-0.2, -0.15) is 0 Å². The summed E-state index contributed by atoms with van der Waals surface area (Å²) in [6, 6.07) is 4.72. The van der Waals surface area contributed by atoms with E-state index in [1.54, 1.807) is 19.1 Å². The summed E-state index contributed by atoms with van der Waals surface area (Å²) in [5.74, 6) is 0. The number of nitrogens with one attached hydrogen (secondary N) is 2. The number of hydrogen-bond donors (Lipinski definition) is 3. The minimum Gasteiger partial charge on any atom is -0.397 e. The fourth-order valence-electron chi connectivity index (χ4n) is 1.91. The largest absolute Gasteiger partial charge is 0.397 e. The normalized spacial score (nSPS) is 11.8. The van der Waals surface area contributed by atoms with Crippen molar-refractivity contribution >= 4 is 21.4 Å². The van der Waals surface area contributed by atoms with Crippen LogP contribution in [0.5, 0.6) is 0 Å². The van der Waals surface area contributed by atoms with E-state index < -0.39 is 10.0 Å². The zero-order valence-electron chi connectivity index (χ0n) is 13.0. The molecule has 0 unspecified atom stereocenters. The van der Waals surface area contributed by atoms with E-state index in [9.17, 15) is 8.42 Å². The van der Waals surface area contributed by atoms with Crippen LogP contribution in [0.2, 0.25) is 0 Å². The van der Waals surface area contributed by atoms with Crippen LogP contribution in [0, 0.1) is 0 Å². The third-order valence-corrected chi connectivity index (χ3v) is 4.56. The summed E-state index contributed by atoms with van der Waals surface area (Å²) < 4.78 is 26.4. The molecule has 0 saturated heterocycles. The molecule has 0 amide bonds. The van der Waals surface area contributed by atoms with Crippen molar-refractivity contribution in [2.75, 3.05) is 44.8 Å². The van der Waals surface area contributed by atoms with E-state index in [0.717, 1.165) is 25.9 Å². The second-order valence-electron chi connectivity index (χ2n) is 5.19. The Balaban J connectivity index is 2.66. The smallest absolute Gasteiger partial charge is 0.240 e. The van der Waals surface area contributed by atoms with Crippen molar-refractivity contribution in [3.8, 4) is 0 Å². The zero-order chi connectivity index (χ0) is 15.9. The number of unbranched alkanes of at least 4 members (excludes halogenated alkanes) is 1. The summed E-state index contributed by atoms with van der Waals surface area (Å²) in [4.78, 5) is 2.37. The number of rotatable bonds is 9. The van der Waals surface area contributed by atoms with Crippen LogP contribution in [-0.2, 0) is 10.0 Å². The van der Waals surface area contributed by atoms with Gasteiger partial charge < -0.3 is 16.0 Å². The number of hydrogen-bond acceptors (Lipinski definition) is 5. The molecule has 0 aliphatic heterocycles. The summed E-state index contributed by atoms with van der Waals surface area (Å²) in [6.07, 6.45) is 2.08. The second kappa shape index (κ2) is 8.21. The Bertz CT molecular complexity index is 544. The highest BCUT2D eigenvalue weighted by molar-refractivity contribution is 7.89. The van der Waals surface area contributed by atoms with E-state index in [1.807, 2.05) is 14.1 Å². The van der Waals surface area contributed by atoms with Crippen LogP contribution < -0.4 is 15.8 Å². The molecular formula is C14H26N4O2S. The van der Waals surface area contributed by atoms with Crippen molar-refractivity contribution in [3.63, 3.8) is 0 Å². The van der Waals surface area contributed by atoms with Gasteiger partial charge in [-0.1, -0.05) is 6.92 Å². The van der Waals surface area contributed by atoms with Crippen LogP contribution in [0.3, 0.4) is 0 Å². The average Bonchev–Trinajstić information content (AvgIpc) is 2.39. The van der Waals surface area contributed by atoms with E-state index in [4.69, 9.17) is 5.73 Å². The molecule has 0 aromatic heterocycles. The Morgan fingerprint density at radius 3 is 2.57 bits per heavy atom. The average molecular weight is 314 g/mol. The molecule has 0 radical (unpaired) electrons. The number of benzene rings is 1. The van der Waals surface area contributed by atoms with Gasteiger partial charge in [-0.15, -0.1) is 0 Å². The third-order valence-electron chi connectivity index (χ3n) is 3.02. The minimum atomic E-state index is -3.45. The first-order valence-electron chi connectivity index (χ1n) is 7.14. The van der Waals surface area contributed by atoms with E-state index >= 15 is 0 Å². The first-order chi connectivity index (χ1) is 9.86. The molecule has 0 aliphatic carbocycles. The lowest BCUT2D eigenvalue weighted by Gasteiger charge is -2.13. The van der Waals surface area contributed by atoms with Gasteiger partial charge in [0.1, 0.15) is 0 Å². The first-order valence-corrected chi connectivity index (χ1v) is 8.63. The van der Waals surface area contributed by atoms with Gasteiger partial charge in [-0.3, -0.25) is 0 Å². The molecule has 1 aromatic rings. The molecule has 21 heavy (non-hydrogen) atoms. The van der Waals surface area contributed by atoms with E-state index in [-0.39, 0.29) is 4.90 Å². The predicted molar refractivity (Wildman–Crippen MR) is 88.0 cm³/mol. The standard InChI is InChI=1S/C14H26N4O2S/c1-4-17-21(19,20)12-7-8-13(15)14(11-12)16-9-5-6-10-18(2)3/h7-8,11,16-17H,4-6,9-10,15H2,1-3H3. The number of anilines is 2. The molecule has 0 atom stereocenters. The quantitative estimate of drug-likeness (QED) is 0.473. The molecule has 6 nitrogen and oxygen atoms in total. The van der Waals surface area contributed by atoms with Gasteiger partial charge in [-0.25, -0.2) is 13.1 Å². The molecule has 4 N–H and O–H groups in total. The van der Waals surface area contributed by atoms with Crippen molar-refractivity contribution in [1.82, 2.24) is 9.62 Å². The van der Waals surface area contributed by atoms with Crippen molar-refractivity contribution < 1.29 is 8.42 Å². The van der Waals surface area contributed by atoms with Crippen LogP contribution >= 0.6 is 0 Å². The van der Waals surface area contributed by atoms with Crippen LogP contribution in [0.25, 0.3) is 0 Å². The number of nitrogen functional groups attached to an aromatic ring is 1.